The number of aromatic nitrogens is 2. The summed E-state index contributed by atoms with van der Waals surface area (Å²) < 4.78 is 5.48. The van der Waals surface area contributed by atoms with Crippen molar-refractivity contribution in [1.29, 1.82) is 0 Å². The van der Waals surface area contributed by atoms with Crippen molar-refractivity contribution in [2.75, 3.05) is 13.2 Å². The molecule has 1 unspecified atom stereocenters. The third-order valence-electron chi connectivity index (χ3n) is 2.56. The maximum absolute atomic E-state index is 5.48. The number of hydrogen-bond donors (Lipinski definition) is 2. The van der Waals surface area contributed by atoms with Gasteiger partial charge in [-0.15, -0.1) is 0 Å². The Morgan fingerprint density at radius 3 is 2.75 bits per heavy atom. The summed E-state index contributed by atoms with van der Waals surface area (Å²) >= 11 is 0. The fourth-order valence-corrected chi connectivity index (χ4v) is 1.62. The average molecular weight is 225 g/mol. The molecule has 1 aromatic heterocycles. The monoisotopic (exact) mass is 225 g/mol. The minimum atomic E-state index is 0.327. The molecule has 4 nitrogen and oxygen atoms in total. The molecule has 1 atom stereocenters. The van der Waals surface area contributed by atoms with Crippen LogP contribution in [0.15, 0.2) is 6.20 Å². The Hall–Kier alpha value is -0.870. The van der Waals surface area contributed by atoms with Crippen LogP contribution in [0.25, 0.3) is 0 Å². The number of nitrogens with one attached hydrogen (secondary N) is 2. The molecule has 4 heteroatoms. The molecule has 16 heavy (non-hydrogen) atoms. The van der Waals surface area contributed by atoms with E-state index in [1.807, 2.05) is 13.1 Å². The molecule has 0 amide bonds. The first kappa shape index (κ1) is 13.2. The lowest BCUT2D eigenvalue weighted by Gasteiger charge is -2.13. The summed E-state index contributed by atoms with van der Waals surface area (Å²) in [5.74, 6) is 0. The van der Waals surface area contributed by atoms with Crippen molar-refractivity contribution in [3.8, 4) is 0 Å². The summed E-state index contributed by atoms with van der Waals surface area (Å²) in [6.07, 6.45) is 3.25. The lowest BCUT2D eigenvalue weighted by Crippen LogP contribution is -2.21. The molecule has 0 spiro atoms. The van der Waals surface area contributed by atoms with Gasteiger partial charge in [-0.1, -0.05) is 0 Å². The first-order chi connectivity index (χ1) is 7.61. The maximum atomic E-state index is 5.48. The number of aromatic amines is 1. The second kappa shape index (κ2) is 6.66. The number of H-pyrrole nitrogens is 1. The van der Waals surface area contributed by atoms with Crippen molar-refractivity contribution in [3.05, 3.63) is 17.5 Å². The zero-order valence-corrected chi connectivity index (χ0v) is 10.7. The molecular weight excluding hydrogens is 202 g/mol. The molecule has 0 saturated carbocycles. The lowest BCUT2D eigenvalue weighted by molar-refractivity contribution is 0.0768. The van der Waals surface area contributed by atoms with Gasteiger partial charge in [-0.05, 0) is 40.7 Å². The van der Waals surface area contributed by atoms with E-state index in [4.69, 9.17) is 4.74 Å². The van der Waals surface area contributed by atoms with E-state index in [0.717, 1.165) is 25.3 Å². The van der Waals surface area contributed by atoms with Crippen LogP contribution in [0.1, 0.15) is 44.5 Å². The molecule has 0 aliphatic rings. The quantitative estimate of drug-likeness (QED) is 0.699. The van der Waals surface area contributed by atoms with Gasteiger partial charge in [0.2, 0.25) is 0 Å². The first-order valence-electron chi connectivity index (χ1n) is 5.96. The van der Waals surface area contributed by atoms with Crippen molar-refractivity contribution < 1.29 is 4.74 Å². The fourth-order valence-electron chi connectivity index (χ4n) is 1.62. The van der Waals surface area contributed by atoms with Crippen molar-refractivity contribution in [2.45, 2.75) is 46.3 Å². The molecule has 0 aliphatic carbocycles. The number of hydrogen-bond acceptors (Lipinski definition) is 3. The molecule has 1 aromatic rings. The van der Waals surface area contributed by atoms with Crippen LogP contribution in [-0.2, 0) is 4.74 Å². The number of nitrogens with zero attached hydrogens (tertiary/aromatic N) is 1. The van der Waals surface area contributed by atoms with E-state index < -0.39 is 0 Å². The average Bonchev–Trinajstić information content (AvgIpc) is 2.63. The Kier molecular flexibility index (Phi) is 5.49. The summed E-state index contributed by atoms with van der Waals surface area (Å²) in [4.78, 5) is 0. The molecule has 0 fully saturated rings. The largest absolute Gasteiger partial charge is 0.379 e. The summed E-state index contributed by atoms with van der Waals surface area (Å²) in [6, 6.07) is 0.345. The predicted octanol–water partition coefficient (Wildman–Crippen LogP) is 2.18. The molecule has 0 bridgehead atoms. The van der Waals surface area contributed by atoms with E-state index in [1.165, 1.54) is 5.56 Å². The molecule has 1 heterocycles. The van der Waals surface area contributed by atoms with Gasteiger partial charge in [-0.25, -0.2) is 0 Å². The van der Waals surface area contributed by atoms with E-state index in [1.54, 1.807) is 0 Å². The number of ether oxygens (including phenoxy) is 1. The molecule has 1 rings (SSSR count). The molecular formula is C12H23N3O. The van der Waals surface area contributed by atoms with Gasteiger partial charge in [0.25, 0.3) is 0 Å². The number of aryl methyl sites for hydroxylation is 1. The van der Waals surface area contributed by atoms with E-state index in [2.05, 4.69) is 36.3 Å². The van der Waals surface area contributed by atoms with Gasteiger partial charge in [-0.2, -0.15) is 5.10 Å². The van der Waals surface area contributed by atoms with Crippen LogP contribution in [0.5, 0.6) is 0 Å². The van der Waals surface area contributed by atoms with Crippen LogP contribution in [-0.4, -0.2) is 29.5 Å². The topological polar surface area (TPSA) is 49.9 Å². The highest BCUT2D eigenvalue weighted by Crippen LogP contribution is 2.13. The highest BCUT2D eigenvalue weighted by Gasteiger charge is 2.08. The Morgan fingerprint density at radius 2 is 2.19 bits per heavy atom. The van der Waals surface area contributed by atoms with Gasteiger partial charge in [0.05, 0.1) is 12.3 Å². The molecule has 0 aromatic carbocycles. The van der Waals surface area contributed by atoms with E-state index in [0.29, 0.717) is 12.1 Å². The Bertz CT molecular complexity index is 296. The molecule has 2 N–H and O–H groups in total. The second-order valence-electron chi connectivity index (χ2n) is 4.40. The lowest BCUT2D eigenvalue weighted by atomic mass is 10.1. The summed E-state index contributed by atoms with van der Waals surface area (Å²) in [7, 11) is 0. The van der Waals surface area contributed by atoms with Gasteiger partial charge in [0, 0.05) is 23.9 Å². The van der Waals surface area contributed by atoms with Crippen LogP contribution < -0.4 is 5.32 Å². The van der Waals surface area contributed by atoms with Gasteiger partial charge in [0.15, 0.2) is 0 Å². The summed E-state index contributed by atoms with van der Waals surface area (Å²) in [6.45, 7) is 10.1. The van der Waals surface area contributed by atoms with Crippen molar-refractivity contribution in [1.82, 2.24) is 15.5 Å². The zero-order chi connectivity index (χ0) is 12.0. The normalized spacial score (nSPS) is 13.3. The minimum absolute atomic E-state index is 0.327. The number of rotatable bonds is 7. The maximum Gasteiger partial charge on any atom is 0.0537 e. The second-order valence-corrected chi connectivity index (χ2v) is 4.40. The Balaban J connectivity index is 2.16. The molecule has 0 saturated heterocycles. The molecule has 0 radical (unpaired) electrons. The standard InChI is InChI=1S/C12H23N3O/c1-9(2)16-7-5-6-13-10(3)12-8-14-15-11(12)4/h8-10,13H,5-7H2,1-4H3,(H,14,15). The van der Waals surface area contributed by atoms with E-state index in [9.17, 15) is 0 Å². The van der Waals surface area contributed by atoms with E-state index >= 15 is 0 Å². The highest BCUT2D eigenvalue weighted by atomic mass is 16.5. The van der Waals surface area contributed by atoms with Crippen molar-refractivity contribution >= 4 is 0 Å². The van der Waals surface area contributed by atoms with Gasteiger partial charge < -0.3 is 10.1 Å². The van der Waals surface area contributed by atoms with Crippen molar-refractivity contribution in [2.24, 2.45) is 0 Å². The van der Waals surface area contributed by atoms with Gasteiger partial charge >= 0.3 is 0 Å². The summed E-state index contributed by atoms with van der Waals surface area (Å²) in [5, 5.41) is 10.4. The van der Waals surface area contributed by atoms with Crippen LogP contribution >= 0.6 is 0 Å². The SMILES string of the molecule is Cc1[nH]ncc1C(C)NCCCOC(C)C. The third kappa shape index (κ3) is 4.33. The zero-order valence-electron chi connectivity index (χ0n) is 10.7. The van der Waals surface area contributed by atoms with Crippen LogP contribution in [0.3, 0.4) is 0 Å². The first-order valence-corrected chi connectivity index (χ1v) is 5.96. The van der Waals surface area contributed by atoms with Gasteiger partial charge in [-0.3, -0.25) is 5.10 Å². The minimum Gasteiger partial charge on any atom is -0.379 e. The van der Waals surface area contributed by atoms with Crippen LogP contribution in [0.2, 0.25) is 0 Å². The predicted molar refractivity (Wildman–Crippen MR) is 65.4 cm³/mol. The van der Waals surface area contributed by atoms with Crippen molar-refractivity contribution in [3.63, 3.8) is 0 Å². The van der Waals surface area contributed by atoms with Gasteiger partial charge in [0.1, 0.15) is 0 Å². The Morgan fingerprint density at radius 1 is 1.44 bits per heavy atom. The van der Waals surface area contributed by atoms with Crippen LogP contribution in [0, 0.1) is 6.92 Å². The van der Waals surface area contributed by atoms with Crippen LogP contribution in [0.4, 0.5) is 0 Å². The molecule has 0 aliphatic heterocycles. The highest BCUT2D eigenvalue weighted by molar-refractivity contribution is 5.18. The Labute approximate surface area is 97.8 Å². The fraction of sp³-hybridized carbons (Fsp3) is 0.750. The third-order valence-corrected chi connectivity index (χ3v) is 2.56. The molecule has 92 valence electrons. The summed E-state index contributed by atoms with van der Waals surface area (Å²) in [5.41, 5.74) is 2.38. The van der Waals surface area contributed by atoms with E-state index in [-0.39, 0.29) is 0 Å². The smallest absolute Gasteiger partial charge is 0.0537 e.